The summed E-state index contributed by atoms with van der Waals surface area (Å²) in [5.74, 6) is 0. The first-order valence-corrected chi connectivity index (χ1v) is 5.66. The molecule has 3 heteroatoms. The van der Waals surface area contributed by atoms with Crippen LogP contribution in [0.3, 0.4) is 0 Å². The Hall–Kier alpha value is -1.27. The molecule has 0 aromatic heterocycles. The van der Waals surface area contributed by atoms with Crippen molar-refractivity contribution in [2.45, 2.75) is 25.5 Å². The number of carbonyl (C=O) groups is 1. The Bertz CT molecular complexity index is 378. The summed E-state index contributed by atoms with van der Waals surface area (Å²) in [4.78, 5) is 11.7. The topological polar surface area (TPSA) is 40.9 Å². The van der Waals surface area contributed by atoms with Gasteiger partial charge in [-0.25, -0.2) is 0 Å². The maximum absolute atomic E-state index is 11.7. The summed E-state index contributed by atoms with van der Waals surface area (Å²) < 4.78 is 0. The minimum Gasteiger partial charge on any atom is -0.282 e. The van der Waals surface area contributed by atoms with Crippen molar-refractivity contribution < 1.29 is 4.79 Å². The lowest BCUT2D eigenvalue weighted by Crippen LogP contribution is -2.02. The van der Waals surface area contributed by atoms with E-state index in [4.69, 9.17) is 5.26 Å². The van der Waals surface area contributed by atoms with E-state index in [-0.39, 0.29) is 10.4 Å². The third-order valence-corrected chi connectivity index (χ3v) is 2.99. The Morgan fingerprint density at radius 1 is 1.47 bits per heavy atom. The molecule has 0 aliphatic carbocycles. The van der Waals surface area contributed by atoms with E-state index in [0.717, 1.165) is 5.56 Å². The van der Waals surface area contributed by atoms with Gasteiger partial charge in [0.25, 0.3) is 0 Å². The fraction of sp³-hybridized carbons (Fsp3) is 0.333. The smallest absolute Gasteiger partial charge is 0.219 e. The van der Waals surface area contributed by atoms with E-state index in [9.17, 15) is 4.79 Å². The lowest BCUT2D eigenvalue weighted by molar-refractivity contribution is 0.108. The molecule has 0 heterocycles. The van der Waals surface area contributed by atoms with Gasteiger partial charge in [0.1, 0.15) is 0 Å². The highest BCUT2D eigenvalue weighted by Gasteiger charge is 2.11. The lowest BCUT2D eigenvalue weighted by atomic mass is 10.2. The second-order valence-electron chi connectivity index (χ2n) is 3.44. The normalized spacial score (nSPS) is 11.8. The molecule has 15 heavy (non-hydrogen) atoms. The molecule has 1 rings (SSSR count). The van der Waals surface area contributed by atoms with Crippen molar-refractivity contribution in [3.05, 3.63) is 35.4 Å². The highest BCUT2D eigenvalue weighted by atomic mass is 32.2. The Labute approximate surface area is 94.3 Å². The fourth-order valence-electron chi connectivity index (χ4n) is 1.11. The predicted molar refractivity (Wildman–Crippen MR) is 62.8 cm³/mol. The van der Waals surface area contributed by atoms with Crippen LogP contribution < -0.4 is 0 Å². The Morgan fingerprint density at radius 3 is 2.60 bits per heavy atom. The molecular formula is C12H13NOS. The van der Waals surface area contributed by atoms with Gasteiger partial charge in [0.15, 0.2) is 0 Å². The largest absolute Gasteiger partial charge is 0.282 e. The number of thioether (sulfide) groups is 1. The van der Waals surface area contributed by atoms with E-state index >= 15 is 0 Å². The molecule has 0 bridgehead atoms. The summed E-state index contributed by atoms with van der Waals surface area (Å²) >= 11 is 1.22. The van der Waals surface area contributed by atoms with Crippen LogP contribution in [0.15, 0.2) is 24.3 Å². The molecule has 0 saturated heterocycles. The standard InChI is InChI=1S/C12H13NOS/c1-9-3-5-11(6-4-9)12(14)15-10(2)7-8-13/h3-6,10H,7H2,1-2H3. The van der Waals surface area contributed by atoms with Crippen LogP contribution in [0.2, 0.25) is 0 Å². The summed E-state index contributed by atoms with van der Waals surface area (Å²) in [5.41, 5.74) is 1.84. The van der Waals surface area contributed by atoms with E-state index in [1.54, 1.807) is 0 Å². The quantitative estimate of drug-likeness (QED) is 0.784. The lowest BCUT2D eigenvalue weighted by Gasteiger charge is -2.05. The first-order valence-electron chi connectivity index (χ1n) is 4.78. The molecule has 0 aliphatic heterocycles. The highest BCUT2D eigenvalue weighted by Crippen LogP contribution is 2.19. The molecular weight excluding hydrogens is 206 g/mol. The van der Waals surface area contributed by atoms with Gasteiger partial charge < -0.3 is 0 Å². The van der Waals surface area contributed by atoms with Crippen LogP contribution in [-0.2, 0) is 0 Å². The van der Waals surface area contributed by atoms with Gasteiger partial charge >= 0.3 is 0 Å². The zero-order valence-corrected chi connectivity index (χ0v) is 9.67. The number of hydrogen-bond donors (Lipinski definition) is 0. The summed E-state index contributed by atoms with van der Waals surface area (Å²) in [6.07, 6.45) is 0.405. The summed E-state index contributed by atoms with van der Waals surface area (Å²) in [6, 6.07) is 9.55. The van der Waals surface area contributed by atoms with E-state index in [2.05, 4.69) is 6.07 Å². The zero-order chi connectivity index (χ0) is 11.3. The van der Waals surface area contributed by atoms with Crippen LogP contribution >= 0.6 is 11.8 Å². The first kappa shape index (κ1) is 11.8. The SMILES string of the molecule is Cc1ccc(C(=O)SC(C)CC#N)cc1. The predicted octanol–water partition coefficient (Wildman–Crippen LogP) is 3.17. The summed E-state index contributed by atoms with van der Waals surface area (Å²) in [5, 5.41) is 8.58. The van der Waals surface area contributed by atoms with E-state index < -0.39 is 0 Å². The van der Waals surface area contributed by atoms with E-state index in [1.807, 2.05) is 38.1 Å². The van der Waals surface area contributed by atoms with Crippen molar-refractivity contribution in [2.24, 2.45) is 0 Å². The Kier molecular flexibility index (Phi) is 4.38. The van der Waals surface area contributed by atoms with Gasteiger partial charge in [-0.1, -0.05) is 48.5 Å². The molecule has 0 fully saturated rings. The molecule has 1 atom stereocenters. The number of rotatable bonds is 3. The average molecular weight is 219 g/mol. The van der Waals surface area contributed by atoms with Crippen molar-refractivity contribution in [1.82, 2.24) is 0 Å². The molecule has 2 nitrogen and oxygen atoms in total. The molecule has 0 saturated carbocycles. The number of carbonyl (C=O) groups excluding carboxylic acids is 1. The fourth-order valence-corrected chi connectivity index (χ4v) is 1.91. The summed E-state index contributed by atoms with van der Waals surface area (Å²) in [7, 11) is 0. The van der Waals surface area contributed by atoms with Gasteiger partial charge in [0, 0.05) is 17.2 Å². The number of nitrogens with zero attached hydrogens (tertiary/aromatic N) is 1. The maximum Gasteiger partial charge on any atom is 0.219 e. The molecule has 0 spiro atoms. The van der Waals surface area contributed by atoms with E-state index in [1.165, 1.54) is 11.8 Å². The van der Waals surface area contributed by atoms with Crippen LogP contribution in [-0.4, -0.2) is 10.4 Å². The molecule has 0 radical (unpaired) electrons. The second kappa shape index (κ2) is 5.57. The number of aryl methyl sites for hydroxylation is 1. The number of benzene rings is 1. The highest BCUT2D eigenvalue weighted by molar-refractivity contribution is 8.14. The van der Waals surface area contributed by atoms with Gasteiger partial charge in [-0.2, -0.15) is 5.26 Å². The van der Waals surface area contributed by atoms with Crippen molar-refractivity contribution in [2.75, 3.05) is 0 Å². The molecule has 0 amide bonds. The van der Waals surface area contributed by atoms with E-state index in [0.29, 0.717) is 12.0 Å². The molecule has 0 N–H and O–H groups in total. The minimum absolute atomic E-state index is 0.0396. The number of nitriles is 1. The van der Waals surface area contributed by atoms with Gasteiger partial charge in [-0.05, 0) is 6.92 Å². The van der Waals surface area contributed by atoms with Crippen molar-refractivity contribution in [3.63, 3.8) is 0 Å². The summed E-state index contributed by atoms with van der Waals surface area (Å²) in [6.45, 7) is 3.87. The molecule has 78 valence electrons. The monoisotopic (exact) mass is 219 g/mol. The van der Waals surface area contributed by atoms with Crippen LogP contribution in [0.25, 0.3) is 0 Å². The maximum atomic E-state index is 11.7. The second-order valence-corrected chi connectivity index (χ2v) is 4.86. The molecule has 1 unspecified atom stereocenters. The third kappa shape index (κ3) is 3.77. The average Bonchev–Trinajstić information content (AvgIpc) is 2.18. The van der Waals surface area contributed by atoms with Crippen molar-refractivity contribution >= 4 is 16.9 Å². The minimum atomic E-state index is 0.0396. The van der Waals surface area contributed by atoms with Crippen LogP contribution in [0.5, 0.6) is 0 Å². The Balaban J connectivity index is 2.62. The van der Waals surface area contributed by atoms with Crippen molar-refractivity contribution in [3.8, 4) is 6.07 Å². The third-order valence-electron chi connectivity index (χ3n) is 1.97. The van der Waals surface area contributed by atoms with Gasteiger partial charge in [-0.15, -0.1) is 0 Å². The van der Waals surface area contributed by atoms with Crippen LogP contribution in [0.1, 0.15) is 29.3 Å². The van der Waals surface area contributed by atoms with Gasteiger partial charge in [0.2, 0.25) is 5.12 Å². The first-order chi connectivity index (χ1) is 7.13. The molecule has 1 aromatic rings. The zero-order valence-electron chi connectivity index (χ0n) is 8.86. The van der Waals surface area contributed by atoms with Gasteiger partial charge in [0.05, 0.1) is 6.07 Å². The number of hydrogen-bond acceptors (Lipinski definition) is 3. The van der Waals surface area contributed by atoms with Gasteiger partial charge in [-0.3, -0.25) is 4.79 Å². The Morgan fingerprint density at radius 2 is 2.07 bits per heavy atom. The van der Waals surface area contributed by atoms with Crippen LogP contribution in [0, 0.1) is 18.3 Å². The van der Waals surface area contributed by atoms with Crippen molar-refractivity contribution in [1.29, 1.82) is 5.26 Å². The molecule has 1 aromatic carbocycles. The van der Waals surface area contributed by atoms with Crippen LogP contribution in [0.4, 0.5) is 0 Å². The molecule has 0 aliphatic rings.